The molecule has 0 aliphatic carbocycles. The number of nitrogens with one attached hydrogen (secondary N) is 1. The molecule has 7 heteroatoms. The van der Waals surface area contributed by atoms with Crippen LogP contribution in [0.3, 0.4) is 0 Å². The molecule has 2 aromatic carbocycles. The van der Waals surface area contributed by atoms with Crippen molar-refractivity contribution in [1.82, 2.24) is 10.2 Å². The highest BCUT2D eigenvalue weighted by molar-refractivity contribution is 5.85. The van der Waals surface area contributed by atoms with Crippen LogP contribution in [0.4, 0.5) is 4.39 Å². The Morgan fingerprint density at radius 2 is 1.66 bits per heavy atom. The number of halogens is 3. The zero-order valence-corrected chi connectivity index (χ0v) is 19.1. The zero-order chi connectivity index (χ0) is 19.5. The van der Waals surface area contributed by atoms with Crippen molar-refractivity contribution in [2.45, 2.75) is 33.4 Å². The van der Waals surface area contributed by atoms with Crippen molar-refractivity contribution in [3.05, 3.63) is 59.4 Å². The quantitative estimate of drug-likeness (QED) is 0.461. The molecule has 29 heavy (non-hydrogen) atoms. The van der Waals surface area contributed by atoms with Gasteiger partial charge in [-0.15, -0.1) is 24.8 Å². The maximum Gasteiger partial charge on any atom is 0.166 e. The number of hydrogen-bond acceptors (Lipinski definition) is 4. The van der Waals surface area contributed by atoms with E-state index in [0.717, 1.165) is 38.2 Å². The molecule has 0 radical (unpaired) electrons. The zero-order valence-electron chi connectivity index (χ0n) is 17.4. The molecule has 0 saturated heterocycles. The third-order valence-electron chi connectivity index (χ3n) is 4.65. The minimum atomic E-state index is -0.261. The third kappa shape index (κ3) is 8.79. The summed E-state index contributed by atoms with van der Waals surface area (Å²) >= 11 is 0. The molecule has 2 rings (SSSR count). The van der Waals surface area contributed by atoms with Crippen molar-refractivity contribution in [2.75, 3.05) is 33.3 Å². The van der Waals surface area contributed by atoms with Crippen LogP contribution in [0.2, 0.25) is 0 Å². The highest BCUT2D eigenvalue weighted by atomic mass is 35.5. The van der Waals surface area contributed by atoms with Crippen molar-refractivity contribution in [2.24, 2.45) is 0 Å². The van der Waals surface area contributed by atoms with E-state index < -0.39 is 0 Å². The van der Waals surface area contributed by atoms with Gasteiger partial charge in [-0.3, -0.25) is 0 Å². The van der Waals surface area contributed by atoms with E-state index in [1.165, 1.54) is 6.07 Å². The van der Waals surface area contributed by atoms with Gasteiger partial charge in [-0.25, -0.2) is 4.39 Å². The Morgan fingerprint density at radius 3 is 2.31 bits per heavy atom. The molecule has 0 bridgehead atoms. The van der Waals surface area contributed by atoms with E-state index in [1.807, 2.05) is 24.3 Å². The van der Waals surface area contributed by atoms with Gasteiger partial charge >= 0.3 is 0 Å². The van der Waals surface area contributed by atoms with Crippen molar-refractivity contribution < 1.29 is 13.9 Å². The largest absolute Gasteiger partial charge is 0.493 e. The molecule has 0 heterocycles. The summed E-state index contributed by atoms with van der Waals surface area (Å²) < 4.78 is 25.2. The summed E-state index contributed by atoms with van der Waals surface area (Å²) in [6.45, 7) is 9.42. The van der Waals surface area contributed by atoms with Crippen molar-refractivity contribution in [3.8, 4) is 11.5 Å². The molecular formula is C22H33Cl2FN2O2. The smallest absolute Gasteiger partial charge is 0.166 e. The van der Waals surface area contributed by atoms with E-state index in [1.54, 1.807) is 19.2 Å². The average Bonchev–Trinajstić information content (AvgIpc) is 2.70. The number of rotatable bonds is 12. The predicted octanol–water partition coefficient (Wildman–Crippen LogP) is 5.08. The second kappa shape index (κ2) is 15.3. The van der Waals surface area contributed by atoms with Crippen LogP contribution < -0.4 is 14.8 Å². The second-order valence-corrected chi connectivity index (χ2v) is 6.39. The maximum absolute atomic E-state index is 13.9. The van der Waals surface area contributed by atoms with Gasteiger partial charge < -0.3 is 19.7 Å². The van der Waals surface area contributed by atoms with Crippen LogP contribution in [-0.2, 0) is 13.2 Å². The summed E-state index contributed by atoms with van der Waals surface area (Å²) in [6, 6.07) is 12.5. The van der Waals surface area contributed by atoms with Crippen molar-refractivity contribution in [3.63, 3.8) is 0 Å². The molecule has 0 saturated carbocycles. The highest BCUT2D eigenvalue weighted by Gasteiger charge is 2.12. The summed E-state index contributed by atoms with van der Waals surface area (Å²) in [7, 11) is 1.62. The summed E-state index contributed by atoms with van der Waals surface area (Å²) in [6.07, 6.45) is 1.09. The molecule has 2 aromatic rings. The second-order valence-electron chi connectivity index (χ2n) is 6.39. The average molecular weight is 447 g/mol. The number of hydrogen-bond donors (Lipinski definition) is 1. The van der Waals surface area contributed by atoms with E-state index in [0.29, 0.717) is 23.6 Å². The lowest BCUT2D eigenvalue weighted by atomic mass is 10.1. The first kappa shape index (κ1) is 27.5. The predicted molar refractivity (Wildman–Crippen MR) is 122 cm³/mol. The Kier molecular flexibility index (Phi) is 14.5. The fourth-order valence-electron chi connectivity index (χ4n) is 2.98. The standard InChI is InChI=1S/C22H31FN2O2.2ClH/c1-4-25(5-2)15-9-14-24-16-18-11-8-13-21(26-3)22(18)27-17-19-10-6-7-12-20(19)23;;/h6-8,10-13,24H,4-5,9,14-17H2,1-3H3;2*1H. The lowest BCUT2D eigenvalue weighted by molar-refractivity contribution is 0.275. The van der Waals surface area contributed by atoms with Crippen LogP contribution in [0.25, 0.3) is 0 Å². The van der Waals surface area contributed by atoms with Gasteiger partial charge in [-0.1, -0.05) is 44.2 Å². The molecule has 0 aliphatic heterocycles. The molecule has 0 unspecified atom stereocenters. The first-order chi connectivity index (χ1) is 13.2. The van der Waals surface area contributed by atoms with Gasteiger partial charge in [0.25, 0.3) is 0 Å². The van der Waals surface area contributed by atoms with E-state index in [2.05, 4.69) is 24.1 Å². The molecule has 4 nitrogen and oxygen atoms in total. The number of methoxy groups -OCH3 is 1. The molecule has 0 spiro atoms. The first-order valence-corrected chi connectivity index (χ1v) is 9.64. The minimum Gasteiger partial charge on any atom is -0.493 e. The molecule has 0 amide bonds. The van der Waals surface area contributed by atoms with Gasteiger partial charge in [0.15, 0.2) is 11.5 Å². The Balaban J connectivity index is 0.00000392. The summed E-state index contributed by atoms with van der Waals surface area (Å²) in [5, 5.41) is 3.47. The highest BCUT2D eigenvalue weighted by Crippen LogP contribution is 2.32. The monoisotopic (exact) mass is 446 g/mol. The SMILES string of the molecule is CCN(CC)CCCNCc1cccc(OC)c1OCc1ccccc1F.Cl.Cl. The molecule has 0 fully saturated rings. The topological polar surface area (TPSA) is 33.7 Å². The van der Waals surface area contributed by atoms with Crippen LogP contribution in [-0.4, -0.2) is 38.2 Å². The van der Waals surface area contributed by atoms with Gasteiger partial charge in [0.2, 0.25) is 0 Å². The van der Waals surface area contributed by atoms with Gasteiger partial charge in [0.05, 0.1) is 7.11 Å². The number of nitrogens with zero attached hydrogens (tertiary/aromatic N) is 1. The van der Waals surface area contributed by atoms with Crippen LogP contribution in [0.5, 0.6) is 11.5 Å². The van der Waals surface area contributed by atoms with Gasteiger partial charge in [-0.2, -0.15) is 0 Å². The van der Waals surface area contributed by atoms with Crippen LogP contribution in [0.15, 0.2) is 42.5 Å². The fraction of sp³-hybridized carbons (Fsp3) is 0.455. The van der Waals surface area contributed by atoms with E-state index in [-0.39, 0.29) is 37.2 Å². The van der Waals surface area contributed by atoms with Gasteiger partial charge in [-0.05, 0) is 44.7 Å². The number of benzene rings is 2. The van der Waals surface area contributed by atoms with Crippen LogP contribution in [0, 0.1) is 5.82 Å². The lowest BCUT2D eigenvalue weighted by Crippen LogP contribution is -2.27. The van der Waals surface area contributed by atoms with Crippen molar-refractivity contribution >= 4 is 24.8 Å². The Morgan fingerprint density at radius 1 is 0.966 bits per heavy atom. The van der Waals surface area contributed by atoms with Gasteiger partial charge in [0.1, 0.15) is 12.4 Å². The van der Waals surface area contributed by atoms with E-state index in [4.69, 9.17) is 9.47 Å². The van der Waals surface area contributed by atoms with Crippen molar-refractivity contribution in [1.29, 1.82) is 0 Å². The number of para-hydroxylation sites is 1. The fourth-order valence-corrected chi connectivity index (χ4v) is 2.98. The number of ether oxygens (including phenoxy) is 2. The summed E-state index contributed by atoms with van der Waals surface area (Å²) in [4.78, 5) is 2.41. The first-order valence-electron chi connectivity index (χ1n) is 9.64. The van der Waals surface area contributed by atoms with Crippen LogP contribution in [0.1, 0.15) is 31.4 Å². The van der Waals surface area contributed by atoms with Crippen LogP contribution >= 0.6 is 24.8 Å². The summed E-state index contributed by atoms with van der Waals surface area (Å²) in [5.41, 5.74) is 1.54. The Labute approximate surface area is 186 Å². The Hall–Kier alpha value is -1.53. The molecule has 0 aliphatic rings. The molecule has 0 atom stereocenters. The minimum absolute atomic E-state index is 0. The Bertz CT molecular complexity index is 700. The maximum atomic E-state index is 13.9. The molecule has 1 N–H and O–H groups in total. The van der Waals surface area contributed by atoms with Gasteiger partial charge in [0, 0.05) is 17.7 Å². The molecule has 0 aromatic heterocycles. The summed E-state index contributed by atoms with van der Waals surface area (Å²) in [5.74, 6) is 1.07. The molecule has 164 valence electrons. The van der Waals surface area contributed by atoms with E-state index >= 15 is 0 Å². The van der Waals surface area contributed by atoms with E-state index in [9.17, 15) is 4.39 Å². The normalized spacial score (nSPS) is 10.2. The molecular weight excluding hydrogens is 414 g/mol. The third-order valence-corrected chi connectivity index (χ3v) is 4.65. The lowest BCUT2D eigenvalue weighted by Gasteiger charge is -2.18.